The van der Waals surface area contributed by atoms with Gasteiger partial charge in [0.2, 0.25) is 10.0 Å². The zero-order valence-corrected chi connectivity index (χ0v) is 12.1. The van der Waals surface area contributed by atoms with E-state index in [1.165, 1.54) is 6.20 Å². The van der Waals surface area contributed by atoms with Crippen LogP contribution in [-0.4, -0.2) is 24.3 Å². The van der Waals surface area contributed by atoms with Crippen LogP contribution in [0.4, 0.5) is 17.3 Å². The number of rotatable bonds is 6. The molecule has 0 amide bonds. The maximum absolute atomic E-state index is 11.6. The van der Waals surface area contributed by atoms with Gasteiger partial charge in [-0.05, 0) is 25.5 Å². The lowest BCUT2D eigenvalue weighted by atomic mass is 10.4. The summed E-state index contributed by atoms with van der Waals surface area (Å²) in [4.78, 5) is 4.04. The third kappa shape index (κ3) is 3.95. The van der Waals surface area contributed by atoms with Crippen LogP contribution in [-0.2, 0) is 10.0 Å². The molecule has 2 aromatic heterocycles. The van der Waals surface area contributed by atoms with E-state index in [1.807, 2.05) is 0 Å². The second kappa shape index (κ2) is 5.91. The molecule has 2 aromatic rings. The second-order valence-corrected chi connectivity index (χ2v) is 6.14. The smallest absolute Gasteiger partial charge is 0.233 e. The second-order valence-electron chi connectivity index (χ2n) is 4.30. The molecule has 0 aliphatic carbocycles. The van der Waals surface area contributed by atoms with E-state index in [1.54, 1.807) is 32.0 Å². The first-order valence-electron chi connectivity index (χ1n) is 6.15. The summed E-state index contributed by atoms with van der Waals surface area (Å²) in [5, 5.41) is 6.79. The summed E-state index contributed by atoms with van der Waals surface area (Å²) in [6.07, 6.45) is 2.08. The predicted octanol–water partition coefficient (Wildman–Crippen LogP) is 2.27. The minimum Gasteiger partial charge on any atom is -0.360 e. The van der Waals surface area contributed by atoms with Gasteiger partial charge in [-0.2, -0.15) is 0 Å². The topological polar surface area (TPSA) is 97.1 Å². The van der Waals surface area contributed by atoms with Crippen molar-refractivity contribution in [2.75, 3.05) is 15.8 Å². The lowest BCUT2D eigenvalue weighted by Gasteiger charge is -2.07. The molecule has 2 heterocycles. The standard InChI is InChI=1S/C12H16N4O3S/c1-3-6-20(17,18)16-11-5-4-10(8-13-11)14-12-7-9(2)19-15-12/h4-5,7-8H,3,6H2,1-2H3,(H,13,16)(H,14,15). The van der Waals surface area contributed by atoms with Crippen LogP contribution in [0.1, 0.15) is 19.1 Å². The number of pyridine rings is 1. The van der Waals surface area contributed by atoms with Crippen LogP contribution in [0, 0.1) is 6.92 Å². The third-order valence-corrected chi connectivity index (χ3v) is 3.86. The number of hydrogen-bond acceptors (Lipinski definition) is 6. The summed E-state index contributed by atoms with van der Waals surface area (Å²) in [5.41, 5.74) is 0.691. The highest BCUT2D eigenvalue weighted by Gasteiger charge is 2.09. The van der Waals surface area contributed by atoms with Gasteiger partial charge in [0.25, 0.3) is 0 Å². The lowest BCUT2D eigenvalue weighted by Crippen LogP contribution is -2.16. The Labute approximate surface area is 117 Å². The monoisotopic (exact) mass is 296 g/mol. The van der Waals surface area contributed by atoms with Crippen molar-refractivity contribution in [2.45, 2.75) is 20.3 Å². The predicted molar refractivity (Wildman–Crippen MR) is 76.5 cm³/mol. The fourth-order valence-corrected chi connectivity index (χ4v) is 2.66. The molecule has 0 spiro atoms. The number of nitrogens with one attached hydrogen (secondary N) is 2. The van der Waals surface area contributed by atoms with E-state index < -0.39 is 10.0 Å². The van der Waals surface area contributed by atoms with E-state index in [4.69, 9.17) is 4.52 Å². The average Bonchev–Trinajstić information content (AvgIpc) is 2.77. The summed E-state index contributed by atoms with van der Waals surface area (Å²) < 4.78 is 30.5. The molecule has 0 aromatic carbocycles. The van der Waals surface area contributed by atoms with Gasteiger partial charge >= 0.3 is 0 Å². The highest BCUT2D eigenvalue weighted by atomic mass is 32.2. The van der Waals surface area contributed by atoms with Gasteiger partial charge in [0.15, 0.2) is 5.82 Å². The Morgan fingerprint density at radius 2 is 2.10 bits per heavy atom. The molecule has 8 heteroatoms. The molecule has 0 radical (unpaired) electrons. The molecule has 0 aliphatic rings. The number of sulfonamides is 1. The first kappa shape index (κ1) is 14.3. The lowest BCUT2D eigenvalue weighted by molar-refractivity contribution is 0.400. The van der Waals surface area contributed by atoms with Crippen molar-refractivity contribution in [2.24, 2.45) is 0 Å². The molecule has 0 unspecified atom stereocenters. The van der Waals surface area contributed by atoms with Crippen LogP contribution in [0.15, 0.2) is 28.9 Å². The van der Waals surface area contributed by atoms with Gasteiger partial charge in [0, 0.05) is 6.07 Å². The molecule has 0 saturated carbocycles. The number of nitrogens with zero attached hydrogens (tertiary/aromatic N) is 2. The molecule has 2 N–H and O–H groups in total. The van der Waals surface area contributed by atoms with Gasteiger partial charge in [-0.3, -0.25) is 4.72 Å². The fraction of sp³-hybridized carbons (Fsp3) is 0.333. The van der Waals surface area contributed by atoms with E-state index >= 15 is 0 Å². The van der Waals surface area contributed by atoms with Crippen molar-refractivity contribution >= 4 is 27.3 Å². The Bertz CT molecular complexity index is 664. The first-order valence-corrected chi connectivity index (χ1v) is 7.80. The zero-order chi connectivity index (χ0) is 14.6. The molecule has 0 bridgehead atoms. The fourth-order valence-electron chi connectivity index (χ4n) is 1.58. The summed E-state index contributed by atoms with van der Waals surface area (Å²) >= 11 is 0. The van der Waals surface area contributed by atoms with Gasteiger partial charge in [-0.25, -0.2) is 13.4 Å². The Balaban J connectivity index is 2.03. The van der Waals surface area contributed by atoms with Gasteiger partial charge in [-0.15, -0.1) is 0 Å². The Kier molecular flexibility index (Phi) is 4.23. The van der Waals surface area contributed by atoms with E-state index in [2.05, 4.69) is 20.2 Å². The Morgan fingerprint density at radius 3 is 2.65 bits per heavy atom. The minimum atomic E-state index is -3.31. The molecule has 0 saturated heterocycles. The minimum absolute atomic E-state index is 0.0763. The van der Waals surface area contributed by atoms with E-state index in [0.29, 0.717) is 29.5 Å². The number of anilines is 3. The molecule has 0 atom stereocenters. The number of aryl methyl sites for hydroxylation is 1. The van der Waals surface area contributed by atoms with Gasteiger partial charge < -0.3 is 9.84 Å². The van der Waals surface area contributed by atoms with Gasteiger partial charge in [0.05, 0.1) is 17.6 Å². The first-order chi connectivity index (χ1) is 9.48. The van der Waals surface area contributed by atoms with Crippen LogP contribution < -0.4 is 10.0 Å². The van der Waals surface area contributed by atoms with Gasteiger partial charge in [-0.1, -0.05) is 12.1 Å². The van der Waals surface area contributed by atoms with Crippen LogP contribution in [0.3, 0.4) is 0 Å². The summed E-state index contributed by atoms with van der Waals surface area (Å²) in [6, 6.07) is 5.04. The third-order valence-electron chi connectivity index (χ3n) is 2.40. The van der Waals surface area contributed by atoms with Crippen molar-refractivity contribution < 1.29 is 12.9 Å². The molecular weight excluding hydrogens is 280 g/mol. The van der Waals surface area contributed by atoms with Crippen LogP contribution in [0.5, 0.6) is 0 Å². The molecule has 0 aliphatic heterocycles. The summed E-state index contributed by atoms with van der Waals surface area (Å²) in [7, 11) is -3.31. The highest BCUT2D eigenvalue weighted by Crippen LogP contribution is 2.17. The molecule has 108 valence electrons. The van der Waals surface area contributed by atoms with Crippen molar-refractivity contribution in [3.05, 3.63) is 30.2 Å². The molecular formula is C12H16N4O3S. The summed E-state index contributed by atoms with van der Waals surface area (Å²) in [5.74, 6) is 1.64. The van der Waals surface area contributed by atoms with Gasteiger partial charge in [0.1, 0.15) is 11.6 Å². The molecule has 7 nitrogen and oxygen atoms in total. The largest absolute Gasteiger partial charge is 0.360 e. The molecule has 20 heavy (non-hydrogen) atoms. The van der Waals surface area contributed by atoms with Crippen LogP contribution in [0.2, 0.25) is 0 Å². The van der Waals surface area contributed by atoms with Crippen molar-refractivity contribution in [1.82, 2.24) is 10.1 Å². The van der Waals surface area contributed by atoms with Crippen LogP contribution in [0.25, 0.3) is 0 Å². The van der Waals surface area contributed by atoms with Crippen molar-refractivity contribution in [3.63, 3.8) is 0 Å². The van der Waals surface area contributed by atoms with Crippen molar-refractivity contribution in [3.8, 4) is 0 Å². The van der Waals surface area contributed by atoms with E-state index in [0.717, 1.165) is 0 Å². The Hall–Kier alpha value is -2.09. The van der Waals surface area contributed by atoms with E-state index in [-0.39, 0.29) is 5.75 Å². The number of aromatic nitrogens is 2. The van der Waals surface area contributed by atoms with Crippen molar-refractivity contribution in [1.29, 1.82) is 0 Å². The summed E-state index contributed by atoms with van der Waals surface area (Å²) in [6.45, 7) is 3.60. The molecule has 2 rings (SSSR count). The zero-order valence-electron chi connectivity index (χ0n) is 11.3. The normalized spacial score (nSPS) is 11.3. The van der Waals surface area contributed by atoms with Crippen LogP contribution >= 0.6 is 0 Å². The highest BCUT2D eigenvalue weighted by molar-refractivity contribution is 7.92. The average molecular weight is 296 g/mol. The molecule has 0 fully saturated rings. The van der Waals surface area contributed by atoms with E-state index in [9.17, 15) is 8.42 Å². The maximum atomic E-state index is 11.6. The quantitative estimate of drug-likeness (QED) is 0.848. The SMILES string of the molecule is CCCS(=O)(=O)Nc1ccc(Nc2cc(C)on2)cn1. The Morgan fingerprint density at radius 1 is 1.30 bits per heavy atom. The number of hydrogen-bond donors (Lipinski definition) is 2. The maximum Gasteiger partial charge on any atom is 0.233 e.